The summed E-state index contributed by atoms with van der Waals surface area (Å²) in [6.45, 7) is 0.350. The lowest BCUT2D eigenvalue weighted by atomic mass is 10.1. The molecule has 0 aliphatic rings. The van der Waals surface area contributed by atoms with E-state index in [1.165, 1.54) is 0 Å². The number of aliphatic hydroxyl groups is 1. The second-order valence-corrected chi connectivity index (χ2v) is 5.41. The van der Waals surface area contributed by atoms with E-state index in [2.05, 4.69) is 10.5 Å². The van der Waals surface area contributed by atoms with Crippen molar-refractivity contribution in [3.63, 3.8) is 0 Å². The van der Waals surface area contributed by atoms with Crippen LogP contribution >= 0.6 is 0 Å². The van der Waals surface area contributed by atoms with E-state index in [1.54, 1.807) is 6.07 Å². The van der Waals surface area contributed by atoms with Crippen LogP contribution in [-0.2, 0) is 0 Å². The first-order chi connectivity index (χ1) is 11.7. The first-order valence-electron chi connectivity index (χ1n) is 7.77. The van der Waals surface area contributed by atoms with Crippen LogP contribution in [0.15, 0.2) is 71.3 Å². The van der Waals surface area contributed by atoms with Gasteiger partial charge in [0.1, 0.15) is 0 Å². The first kappa shape index (κ1) is 16.0. The molecule has 0 saturated heterocycles. The zero-order chi connectivity index (χ0) is 16.8. The lowest BCUT2D eigenvalue weighted by Gasteiger charge is -2.10. The minimum atomic E-state index is -0.608. The predicted octanol–water partition coefficient (Wildman–Crippen LogP) is 3.20. The van der Waals surface area contributed by atoms with Crippen LogP contribution in [0.4, 0.5) is 0 Å². The summed E-state index contributed by atoms with van der Waals surface area (Å²) in [7, 11) is 0. The molecular formula is C19H18N2O3. The molecule has 2 aromatic carbocycles. The fraction of sp³-hybridized carbons (Fsp3) is 0.158. The van der Waals surface area contributed by atoms with Gasteiger partial charge in [0.05, 0.1) is 6.10 Å². The van der Waals surface area contributed by atoms with Gasteiger partial charge in [0.15, 0.2) is 11.5 Å². The Morgan fingerprint density at radius 2 is 1.75 bits per heavy atom. The van der Waals surface area contributed by atoms with E-state index >= 15 is 0 Å². The Balaban J connectivity index is 1.53. The third-order valence-corrected chi connectivity index (χ3v) is 3.69. The Bertz CT molecular complexity index is 785. The lowest BCUT2D eigenvalue weighted by molar-refractivity contribution is 0.0933. The van der Waals surface area contributed by atoms with E-state index in [4.69, 9.17) is 4.52 Å². The monoisotopic (exact) mass is 322 g/mol. The summed E-state index contributed by atoms with van der Waals surface area (Å²) in [6, 6.07) is 20.4. The van der Waals surface area contributed by atoms with Gasteiger partial charge >= 0.3 is 0 Å². The average molecular weight is 322 g/mol. The van der Waals surface area contributed by atoms with Crippen LogP contribution in [0, 0.1) is 0 Å². The van der Waals surface area contributed by atoms with Crippen LogP contribution in [0.25, 0.3) is 11.3 Å². The Kier molecular flexibility index (Phi) is 5.03. The average Bonchev–Trinajstić information content (AvgIpc) is 3.13. The van der Waals surface area contributed by atoms with Crippen molar-refractivity contribution >= 4 is 5.91 Å². The van der Waals surface area contributed by atoms with Crippen molar-refractivity contribution in [1.29, 1.82) is 0 Å². The molecule has 5 heteroatoms. The van der Waals surface area contributed by atoms with Gasteiger partial charge in [-0.15, -0.1) is 0 Å². The van der Waals surface area contributed by atoms with E-state index in [0.29, 0.717) is 18.7 Å². The molecule has 0 spiro atoms. The number of hydrogen-bond acceptors (Lipinski definition) is 4. The molecule has 1 amide bonds. The Morgan fingerprint density at radius 1 is 1.08 bits per heavy atom. The van der Waals surface area contributed by atoms with Crippen LogP contribution < -0.4 is 5.32 Å². The molecule has 0 fully saturated rings. The molecule has 122 valence electrons. The van der Waals surface area contributed by atoms with Gasteiger partial charge in [-0.05, 0) is 12.0 Å². The van der Waals surface area contributed by atoms with E-state index in [0.717, 1.165) is 11.1 Å². The molecular weight excluding hydrogens is 304 g/mol. The molecule has 1 atom stereocenters. The van der Waals surface area contributed by atoms with Crippen molar-refractivity contribution < 1.29 is 14.4 Å². The van der Waals surface area contributed by atoms with E-state index < -0.39 is 6.10 Å². The molecule has 0 unspecified atom stereocenters. The molecule has 5 nitrogen and oxygen atoms in total. The summed E-state index contributed by atoms with van der Waals surface area (Å²) in [4.78, 5) is 12.1. The highest BCUT2D eigenvalue weighted by molar-refractivity contribution is 5.93. The number of carbonyl (C=O) groups excluding carboxylic acids is 1. The molecule has 1 heterocycles. The van der Waals surface area contributed by atoms with Gasteiger partial charge in [-0.3, -0.25) is 4.79 Å². The van der Waals surface area contributed by atoms with E-state index in [-0.39, 0.29) is 11.6 Å². The normalized spacial score (nSPS) is 11.9. The molecule has 3 rings (SSSR count). The van der Waals surface area contributed by atoms with Gasteiger partial charge in [0, 0.05) is 18.2 Å². The minimum absolute atomic E-state index is 0.225. The van der Waals surface area contributed by atoms with Gasteiger partial charge < -0.3 is 14.9 Å². The molecule has 0 aliphatic heterocycles. The van der Waals surface area contributed by atoms with Crippen molar-refractivity contribution in [3.05, 3.63) is 78.0 Å². The second kappa shape index (κ2) is 7.57. The third-order valence-electron chi connectivity index (χ3n) is 3.69. The van der Waals surface area contributed by atoms with Crippen LogP contribution in [0.2, 0.25) is 0 Å². The summed E-state index contributed by atoms with van der Waals surface area (Å²) in [5, 5.41) is 16.6. The topological polar surface area (TPSA) is 75.4 Å². The highest BCUT2D eigenvalue weighted by atomic mass is 16.5. The summed E-state index contributed by atoms with van der Waals surface area (Å²) in [5.74, 6) is 0.228. The maximum atomic E-state index is 12.1. The van der Waals surface area contributed by atoms with E-state index in [9.17, 15) is 9.90 Å². The zero-order valence-corrected chi connectivity index (χ0v) is 13.1. The fourth-order valence-electron chi connectivity index (χ4n) is 2.38. The zero-order valence-electron chi connectivity index (χ0n) is 13.1. The number of aliphatic hydroxyl groups excluding tert-OH is 1. The van der Waals surface area contributed by atoms with E-state index in [1.807, 2.05) is 60.7 Å². The molecule has 24 heavy (non-hydrogen) atoms. The van der Waals surface area contributed by atoms with Gasteiger partial charge in [0.2, 0.25) is 0 Å². The number of nitrogens with one attached hydrogen (secondary N) is 1. The summed E-state index contributed by atoms with van der Waals surface area (Å²) in [6.07, 6.45) is -0.178. The predicted molar refractivity (Wildman–Crippen MR) is 90.3 cm³/mol. The number of benzene rings is 2. The number of aromatic nitrogens is 1. The lowest BCUT2D eigenvalue weighted by Crippen LogP contribution is -2.25. The van der Waals surface area contributed by atoms with Crippen molar-refractivity contribution in [2.45, 2.75) is 12.5 Å². The fourth-order valence-corrected chi connectivity index (χ4v) is 2.38. The minimum Gasteiger partial charge on any atom is -0.388 e. The molecule has 0 bridgehead atoms. The number of rotatable bonds is 6. The highest BCUT2D eigenvalue weighted by Crippen LogP contribution is 2.20. The van der Waals surface area contributed by atoms with Crippen molar-refractivity contribution in [3.8, 4) is 11.3 Å². The Labute approximate surface area is 139 Å². The van der Waals surface area contributed by atoms with Crippen molar-refractivity contribution in [2.75, 3.05) is 6.54 Å². The van der Waals surface area contributed by atoms with Crippen molar-refractivity contribution in [1.82, 2.24) is 10.5 Å². The Morgan fingerprint density at radius 3 is 2.46 bits per heavy atom. The Hall–Kier alpha value is -2.92. The summed E-state index contributed by atoms with van der Waals surface area (Å²) >= 11 is 0. The van der Waals surface area contributed by atoms with Crippen LogP contribution in [0.1, 0.15) is 28.6 Å². The highest BCUT2D eigenvalue weighted by Gasteiger charge is 2.14. The first-order valence-corrected chi connectivity index (χ1v) is 7.77. The third kappa shape index (κ3) is 3.88. The van der Waals surface area contributed by atoms with Gasteiger partial charge in [-0.2, -0.15) is 0 Å². The number of carbonyl (C=O) groups is 1. The standard InChI is InChI=1S/C19H18N2O3/c22-17(14-7-3-1-4-8-14)11-12-20-19(23)16-13-18(24-21-16)15-9-5-2-6-10-15/h1-10,13,17,22H,11-12H2,(H,20,23)/t17-/m0/s1. The SMILES string of the molecule is O=C(NCC[C@H](O)c1ccccc1)c1cc(-c2ccccc2)on1. The second-order valence-electron chi connectivity index (χ2n) is 5.41. The number of amides is 1. The summed E-state index contributed by atoms with van der Waals surface area (Å²) < 4.78 is 5.21. The number of nitrogens with zero attached hydrogens (tertiary/aromatic N) is 1. The van der Waals surface area contributed by atoms with Crippen LogP contribution in [0.5, 0.6) is 0 Å². The number of hydrogen-bond donors (Lipinski definition) is 2. The maximum absolute atomic E-state index is 12.1. The maximum Gasteiger partial charge on any atom is 0.273 e. The van der Waals surface area contributed by atoms with Crippen LogP contribution in [-0.4, -0.2) is 22.7 Å². The molecule has 3 aromatic rings. The summed E-state index contributed by atoms with van der Waals surface area (Å²) in [5.41, 5.74) is 1.92. The van der Waals surface area contributed by atoms with Gasteiger partial charge in [-0.1, -0.05) is 65.8 Å². The smallest absolute Gasteiger partial charge is 0.273 e. The molecule has 0 saturated carbocycles. The van der Waals surface area contributed by atoms with Crippen molar-refractivity contribution in [2.24, 2.45) is 0 Å². The van der Waals surface area contributed by atoms with Crippen LogP contribution in [0.3, 0.4) is 0 Å². The quantitative estimate of drug-likeness (QED) is 0.731. The molecule has 1 aromatic heterocycles. The van der Waals surface area contributed by atoms with Gasteiger partial charge in [0.25, 0.3) is 5.91 Å². The van der Waals surface area contributed by atoms with Gasteiger partial charge in [-0.25, -0.2) is 0 Å². The molecule has 0 radical (unpaired) electrons. The molecule has 2 N–H and O–H groups in total. The largest absolute Gasteiger partial charge is 0.388 e. The molecule has 0 aliphatic carbocycles.